The molecule has 2 aliphatic rings. The summed E-state index contributed by atoms with van der Waals surface area (Å²) in [5.74, 6) is -0.0825. The van der Waals surface area contributed by atoms with Gasteiger partial charge >= 0.3 is 5.97 Å². The number of hydrogen-bond acceptors (Lipinski definition) is 6. The first-order valence-electron chi connectivity index (χ1n) is 12.7. The Labute approximate surface area is 221 Å². The van der Waals surface area contributed by atoms with E-state index >= 15 is 0 Å². The Morgan fingerprint density at radius 2 is 1.74 bits per heavy atom. The molecule has 8 heteroatoms. The molecule has 0 spiro atoms. The van der Waals surface area contributed by atoms with Gasteiger partial charge in [-0.3, -0.25) is 9.59 Å². The van der Waals surface area contributed by atoms with E-state index in [1.807, 2.05) is 72.8 Å². The Morgan fingerprint density at radius 1 is 1.03 bits per heavy atom. The van der Waals surface area contributed by atoms with Crippen LogP contribution in [-0.2, 0) is 38.6 Å². The lowest BCUT2D eigenvalue weighted by atomic mass is 9.90. The van der Waals surface area contributed by atoms with Gasteiger partial charge in [0.05, 0.1) is 26.7 Å². The Morgan fingerprint density at radius 3 is 2.37 bits per heavy atom. The van der Waals surface area contributed by atoms with Crippen molar-refractivity contribution < 1.29 is 33.6 Å². The van der Waals surface area contributed by atoms with Gasteiger partial charge in [0.2, 0.25) is 0 Å². The van der Waals surface area contributed by atoms with Crippen molar-refractivity contribution in [2.75, 3.05) is 20.3 Å². The average Bonchev–Trinajstić information content (AvgIpc) is 2.91. The second kappa shape index (κ2) is 11.7. The first-order chi connectivity index (χ1) is 18.5. The molecule has 8 nitrogen and oxygen atoms in total. The molecule has 1 fully saturated rings. The van der Waals surface area contributed by atoms with Gasteiger partial charge in [-0.15, -0.1) is 0 Å². The third-order valence-corrected chi connectivity index (χ3v) is 6.94. The highest BCUT2D eigenvalue weighted by Crippen LogP contribution is 2.40. The van der Waals surface area contributed by atoms with Crippen LogP contribution in [0.4, 0.5) is 0 Å². The molecular formula is C30H31NO7. The first-order valence-corrected chi connectivity index (χ1v) is 12.7. The fourth-order valence-electron chi connectivity index (χ4n) is 4.91. The number of benzene rings is 3. The van der Waals surface area contributed by atoms with Crippen LogP contribution in [0.5, 0.6) is 11.5 Å². The normalized spacial score (nSPS) is 17.7. The predicted octanol–water partition coefficient (Wildman–Crippen LogP) is 4.16. The van der Waals surface area contributed by atoms with E-state index in [1.54, 1.807) is 12.0 Å². The fraction of sp³-hybridized carbons (Fsp3) is 0.333. The summed E-state index contributed by atoms with van der Waals surface area (Å²) in [5, 5.41) is 9.74. The van der Waals surface area contributed by atoms with E-state index in [9.17, 15) is 14.7 Å². The zero-order valence-corrected chi connectivity index (χ0v) is 21.2. The number of methoxy groups -OCH3 is 1. The Hall–Kier alpha value is -3.88. The number of nitrogens with zero attached hydrogens (tertiary/aromatic N) is 1. The molecule has 2 heterocycles. The van der Waals surface area contributed by atoms with E-state index in [0.29, 0.717) is 37.7 Å². The Bertz CT molecular complexity index is 1260. The van der Waals surface area contributed by atoms with E-state index in [1.165, 1.54) is 0 Å². The van der Waals surface area contributed by atoms with Crippen LogP contribution in [0.15, 0.2) is 72.8 Å². The molecule has 5 rings (SSSR count). The fourth-order valence-corrected chi connectivity index (χ4v) is 4.91. The number of fused-ring (bicyclic) bond motifs is 1. The number of carboxylic acids is 1. The number of ether oxygens (including phenoxy) is 4. The Balaban J connectivity index is 1.46. The molecule has 0 radical (unpaired) electrons. The summed E-state index contributed by atoms with van der Waals surface area (Å²) in [6.07, 6.45) is -0.909. The number of carboxylic acid groups (broad SMARTS) is 1. The molecule has 1 saturated heterocycles. The van der Waals surface area contributed by atoms with E-state index in [-0.39, 0.29) is 25.0 Å². The van der Waals surface area contributed by atoms with Gasteiger partial charge in [0.1, 0.15) is 12.7 Å². The number of rotatable bonds is 10. The topological polar surface area (TPSA) is 94.5 Å². The lowest BCUT2D eigenvalue weighted by Crippen LogP contribution is -2.49. The Kier molecular flexibility index (Phi) is 7.91. The monoisotopic (exact) mass is 517 g/mol. The van der Waals surface area contributed by atoms with Crippen LogP contribution < -0.4 is 9.47 Å². The van der Waals surface area contributed by atoms with Gasteiger partial charge < -0.3 is 29.0 Å². The molecule has 0 unspecified atom stereocenters. The number of amides is 1. The maximum absolute atomic E-state index is 14.0. The van der Waals surface area contributed by atoms with Crippen LogP contribution in [0.1, 0.15) is 34.8 Å². The van der Waals surface area contributed by atoms with Crippen LogP contribution in [0.2, 0.25) is 0 Å². The second-order valence-corrected chi connectivity index (χ2v) is 9.52. The van der Waals surface area contributed by atoms with Crippen LogP contribution in [0, 0.1) is 0 Å². The maximum atomic E-state index is 14.0. The molecule has 3 aromatic carbocycles. The van der Waals surface area contributed by atoms with Gasteiger partial charge in [-0.2, -0.15) is 0 Å². The van der Waals surface area contributed by atoms with Crippen LogP contribution in [0.25, 0.3) is 0 Å². The maximum Gasteiger partial charge on any atom is 0.305 e. The highest BCUT2D eigenvalue weighted by molar-refractivity contribution is 5.84. The molecule has 2 atom stereocenters. The van der Waals surface area contributed by atoms with Crippen molar-refractivity contribution in [3.63, 3.8) is 0 Å². The van der Waals surface area contributed by atoms with Crippen molar-refractivity contribution >= 4 is 11.9 Å². The minimum atomic E-state index is -0.976. The van der Waals surface area contributed by atoms with E-state index < -0.39 is 18.1 Å². The molecule has 0 aliphatic carbocycles. The minimum Gasteiger partial charge on any atom is -0.493 e. The molecular weight excluding hydrogens is 486 g/mol. The first kappa shape index (κ1) is 25.8. The minimum absolute atomic E-state index is 0.179. The average molecular weight is 518 g/mol. The van der Waals surface area contributed by atoms with E-state index in [0.717, 1.165) is 22.3 Å². The van der Waals surface area contributed by atoms with Crippen molar-refractivity contribution in [1.29, 1.82) is 0 Å². The van der Waals surface area contributed by atoms with Gasteiger partial charge in [-0.25, -0.2) is 0 Å². The molecule has 1 N–H and O–H groups in total. The largest absolute Gasteiger partial charge is 0.493 e. The molecule has 0 bridgehead atoms. The molecule has 0 aromatic heterocycles. The SMILES string of the molecule is COc1ccc2c(c1OCc1ccccc1)C[C@H](CC(=O)O)N(C(=O)[C@H](OC1COC1)c1ccccc1)C2. The molecule has 198 valence electrons. The summed E-state index contributed by atoms with van der Waals surface area (Å²) < 4.78 is 23.3. The van der Waals surface area contributed by atoms with Crippen molar-refractivity contribution in [2.45, 2.75) is 44.2 Å². The van der Waals surface area contributed by atoms with Crippen molar-refractivity contribution in [1.82, 2.24) is 4.90 Å². The highest BCUT2D eigenvalue weighted by Gasteiger charge is 2.39. The summed E-state index contributed by atoms with van der Waals surface area (Å²) in [6.45, 7) is 1.44. The molecule has 2 aliphatic heterocycles. The summed E-state index contributed by atoms with van der Waals surface area (Å²) in [5.41, 5.74) is 3.48. The number of carbonyl (C=O) groups is 2. The summed E-state index contributed by atoms with van der Waals surface area (Å²) in [6, 6.07) is 22.3. The number of hydrogen-bond donors (Lipinski definition) is 1. The quantitative estimate of drug-likeness (QED) is 0.432. The van der Waals surface area contributed by atoms with Gasteiger partial charge in [0.25, 0.3) is 5.91 Å². The van der Waals surface area contributed by atoms with Crippen molar-refractivity contribution in [2.24, 2.45) is 0 Å². The van der Waals surface area contributed by atoms with Crippen molar-refractivity contribution in [3.8, 4) is 11.5 Å². The zero-order valence-electron chi connectivity index (χ0n) is 21.2. The standard InChI is InChI=1S/C30H31NO7/c1-35-26-13-12-22-16-31(30(34)28(38-24-18-36-19-24)21-10-6-3-7-11-21)23(15-27(32)33)14-25(22)29(26)37-17-20-8-4-2-5-9-20/h2-13,23-24,28H,14-19H2,1H3,(H,32,33)/t23-,28-/m1/s1. The second-order valence-electron chi connectivity index (χ2n) is 9.52. The van der Waals surface area contributed by atoms with Gasteiger partial charge in [-0.1, -0.05) is 66.7 Å². The summed E-state index contributed by atoms with van der Waals surface area (Å²) in [4.78, 5) is 27.5. The number of carbonyl (C=O) groups excluding carboxylic acids is 1. The summed E-state index contributed by atoms with van der Waals surface area (Å²) >= 11 is 0. The summed E-state index contributed by atoms with van der Waals surface area (Å²) in [7, 11) is 1.58. The molecule has 0 saturated carbocycles. The van der Waals surface area contributed by atoms with Gasteiger partial charge in [0.15, 0.2) is 17.6 Å². The van der Waals surface area contributed by atoms with Crippen molar-refractivity contribution in [3.05, 3.63) is 95.1 Å². The third kappa shape index (κ3) is 5.66. The highest BCUT2D eigenvalue weighted by atomic mass is 16.6. The lowest BCUT2D eigenvalue weighted by Gasteiger charge is -2.40. The number of aliphatic carboxylic acids is 1. The van der Waals surface area contributed by atoms with E-state index in [2.05, 4.69) is 0 Å². The third-order valence-electron chi connectivity index (χ3n) is 6.94. The van der Waals surface area contributed by atoms with E-state index in [4.69, 9.17) is 18.9 Å². The lowest BCUT2D eigenvalue weighted by molar-refractivity contribution is -0.178. The molecule has 1 amide bonds. The van der Waals surface area contributed by atoms with Crippen LogP contribution >= 0.6 is 0 Å². The van der Waals surface area contributed by atoms with Gasteiger partial charge in [-0.05, 0) is 29.2 Å². The molecule has 3 aromatic rings. The smallest absolute Gasteiger partial charge is 0.305 e. The van der Waals surface area contributed by atoms with Gasteiger partial charge in [0, 0.05) is 18.2 Å². The molecule has 38 heavy (non-hydrogen) atoms. The zero-order chi connectivity index (χ0) is 26.5. The van der Waals surface area contributed by atoms with Crippen LogP contribution in [-0.4, -0.2) is 54.4 Å². The van der Waals surface area contributed by atoms with Crippen LogP contribution in [0.3, 0.4) is 0 Å². The predicted molar refractivity (Wildman–Crippen MR) is 139 cm³/mol.